The lowest BCUT2D eigenvalue weighted by Crippen LogP contribution is -2.68. The molecule has 1 unspecified atom stereocenters. The monoisotopic (exact) mass is 547 g/mol. The second-order valence-corrected chi connectivity index (χ2v) is 11.7. The van der Waals surface area contributed by atoms with Crippen molar-refractivity contribution < 1.29 is 14.3 Å². The molecule has 2 atom stereocenters. The number of dihydropyridines is 1. The van der Waals surface area contributed by atoms with Crippen molar-refractivity contribution in [1.82, 2.24) is 20.0 Å². The van der Waals surface area contributed by atoms with Crippen LogP contribution in [0.2, 0.25) is 0 Å². The van der Waals surface area contributed by atoms with Gasteiger partial charge in [0.05, 0.1) is 42.6 Å². The molecule has 0 aromatic heterocycles. The minimum absolute atomic E-state index is 0.0234. The van der Waals surface area contributed by atoms with E-state index in [1.54, 1.807) is 17.0 Å². The number of ether oxygens (including phenoxy) is 1. The molecule has 1 saturated carbocycles. The molecule has 3 N–H and O–H groups in total. The molecule has 4 fully saturated rings. The average molecular weight is 548 g/mol. The molecule has 5 aliphatic rings. The molecular weight excluding hydrogens is 510 g/mol. The van der Waals surface area contributed by atoms with Crippen molar-refractivity contribution in [2.75, 3.05) is 44.9 Å². The molecule has 1 aromatic rings. The third kappa shape index (κ3) is 4.71. The molecule has 12 heteroatoms. The Morgan fingerprint density at radius 1 is 1.18 bits per heavy atom. The summed E-state index contributed by atoms with van der Waals surface area (Å²) >= 11 is 0. The summed E-state index contributed by atoms with van der Waals surface area (Å²) in [6.07, 6.45) is 10.1. The maximum atomic E-state index is 13.4. The Labute approximate surface area is 234 Å². The van der Waals surface area contributed by atoms with Crippen LogP contribution in [0.1, 0.15) is 48.9 Å². The number of benzene rings is 1. The number of fused-ring (bicyclic) bond motifs is 1. The number of likely N-dealkylation sites (tertiary alicyclic amines) is 1. The van der Waals surface area contributed by atoms with E-state index in [0.717, 1.165) is 63.4 Å². The van der Waals surface area contributed by atoms with Gasteiger partial charge in [0.2, 0.25) is 5.91 Å². The zero-order chi connectivity index (χ0) is 27.9. The number of nitrogens with one attached hydrogen (secondary N) is 1. The third-order valence-electron chi connectivity index (χ3n) is 9.01. The third-order valence-corrected chi connectivity index (χ3v) is 9.01. The Balaban J connectivity index is 1.21. The first kappa shape index (κ1) is 26.6. The number of piperazine rings is 1. The maximum absolute atomic E-state index is 13.4. The van der Waals surface area contributed by atoms with Crippen molar-refractivity contribution in [1.29, 1.82) is 0 Å². The second kappa shape index (κ2) is 10.8. The van der Waals surface area contributed by atoms with E-state index in [1.165, 1.54) is 12.8 Å². The zero-order valence-electron chi connectivity index (χ0n) is 22.9. The van der Waals surface area contributed by atoms with Gasteiger partial charge < -0.3 is 19.9 Å². The van der Waals surface area contributed by atoms with Crippen molar-refractivity contribution in [3.8, 4) is 0 Å². The summed E-state index contributed by atoms with van der Waals surface area (Å²) in [6.45, 7) is 3.06. The van der Waals surface area contributed by atoms with E-state index in [9.17, 15) is 9.59 Å². The van der Waals surface area contributed by atoms with Crippen LogP contribution in [0.4, 0.5) is 5.69 Å². The van der Waals surface area contributed by atoms with Crippen LogP contribution in [0.3, 0.4) is 0 Å². The summed E-state index contributed by atoms with van der Waals surface area (Å²) in [5, 5.41) is 8.95. The predicted octanol–water partition coefficient (Wildman–Crippen LogP) is 2.67. The number of amides is 2. The standard InChI is InChI=1S/C28H37N9O3/c1-34-22-12-13-24(32-25(22)36(20-6-4-2-3-5-7-20)23(27(34)39)14-31-33-29)37(30)21-10-8-19(9-11-21)26(38)35-15-28(16-35)17-40-18-28/h8-13,20,23,25,32H,2-7,14-18,30H2,1H3/t23-,25?/m1/s1. The van der Waals surface area contributed by atoms with Crippen LogP contribution in [0.25, 0.3) is 10.4 Å². The maximum Gasteiger partial charge on any atom is 0.253 e. The van der Waals surface area contributed by atoms with Gasteiger partial charge in [-0.25, -0.2) is 5.84 Å². The second-order valence-electron chi connectivity index (χ2n) is 11.7. The molecule has 6 rings (SSSR count). The van der Waals surface area contributed by atoms with Crippen LogP contribution < -0.4 is 16.2 Å². The summed E-state index contributed by atoms with van der Waals surface area (Å²) in [4.78, 5) is 35.0. The molecule has 4 heterocycles. The van der Waals surface area contributed by atoms with Crippen molar-refractivity contribution in [2.45, 2.75) is 56.8 Å². The molecule has 1 aliphatic carbocycles. The molecule has 212 valence electrons. The number of hydrogen-bond donors (Lipinski definition) is 2. The van der Waals surface area contributed by atoms with Gasteiger partial charge in [0.25, 0.3) is 5.91 Å². The molecule has 1 spiro atoms. The van der Waals surface area contributed by atoms with Crippen LogP contribution in [0.5, 0.6) is 0 Å². The molecular formula is C28H37N9O3. The Kier molecular flexibility index (Phi) is 7.18. The SMILES string of the molecule is CN1C(=O)[C@@H](CN=[N+]=[N-])N(C2CCCCCC2)C2NC(N(N)c3ccc(C(=O)N4CC5(COC5)C4)cc3)=CC=C21. The topological polar surface area (TPSA) is 143 Å². The normalized spacial score (nSPS) is 26.3. The molecule has 40 heavy (non-hydrogen) atoms. The van der Waals surface area contributed by atoms with Gasteiger partial charge in [0.1, 0.15) is 12.0 Å². The van der Waals surface area contributed by atoms with E-state index in [4.69, 9.17) is 16.1 Å². The lowest BCUT2D eigenvalue weighted by molar-refractivity contribution is -0.176. The van der Waals surface area contributed by atoms with E-state index in [1.807, 2.05) is 41.3 Å². The van der Waals surface area contributed by atoms with Gasteiger partial charge in [0, 0.05) is 36.7 Å². The van der Waals surface area contributed by atoms with Gasteiger partial charge in [0.15, 0.2) is 0 Å². The number of likely N-dealkylation sites (N-methyl/N-ethyl adjacent to an activating group) is 1. The number of hydrazine groups is 1. The van der Waals surface area contributed by atoms with Gasteiger partial charge in [-0.3, -0.25) is 19.5 Å². The largest absolute Gasteiger partial charge is 0.380 e. The first-order valence-electron chi connectivity index (χ1n) is 14.2. The van der Waals surface area contributed by atoms with E-state index in [2.05, 4.69) is 20.2 Å². The lowest BCUT2D eigenvalue weighted by Gasteiger charge is -2.54. The van der Waals surface area contributed by atoms with E-state index in [0.29, 0.717) is 11.4 Å². The van der Waals surface area contributed by atoms with Crippen LogP contribution in [0.15, 0.2) is 53.0 Å². The first-order chi connectivity index (χ1) is 19.4. The van der Waals surface area contributed by atoms with Gasteiger partial charge >= 0.3 is 0 Å². The first-order valence-corrected chi connectivity index (χ1v) is 14.2. The highest BCUT2D eigenvalue weighted by Crippen LogP contribution is 2.38. The summed E-state index contributed by atoms with van der Waals surface area (Å²) in [5.74, 6) is 7.23. The fraction of sp³-hybridized carbons (Fsp3) is 0.571. The molecule has 2 amide bonds. The minimum Gasteiger partial charge on any atom is -0.380 e. The number of hydrogen-bond acceptors (Lipinski definition) is 8. The number of nitrogens with zero attached hydrogens (tertiary/aromatic N) is 7. The van der Waals surface area contributed by atoms with Crippen LogP contribution in [0, 0.1) is 5.41 Å². The number of carbonyl (C=O) groups excluding carboxylic acids is 2. The summed E-state index contributed by atoms with van der Waals surface area (Å²) in [6, 6.07) is 6.95. The molecule has 3 saturated heterocycles. The minimum atomic E-state index is -0.554. The van der Waals surface area contributed by atoms with Crippen molar-refractivity contribution >= 4 is 17.5 Å². The number of rotatable bonds is 6. The highest BCUT2D eigenvalue weighted by atomic mass is 16.5. The molecule has 0 bridgehead atoms. The summed E-state index contributed by atoms with van der Waals surface area (Å²) in [7, 11) is 1.77. The average Bonchev–Trinajstić information content (AvgIpc) is 3.21. The summed E-state index contributed by atoms with van der Waals surface area (Å²) < 4.78 is 5.31. The van der Waals surface area contributed by atoms with E-state index in [-0.39, 0.29) is 36.0 Å². The smallest absolute Gasteiger partial charge is 0.253 e. The fourth-order valence-electron chi connectivity index (χ4n) is 6.72. The Morgan fingerprint density at radius 2 is 1.88 bits per heavy atom. The molecule has 12 nitrogen and oxygen atoms in total. The van der Waals surface area contributed by atoms with Crippen LogP contribution in [-0.2, 0) is 9.53 Å². The summed E-state index contributed by atoms with van der Waals surface area (Å²) in [5.41, 5.74) is 11.4. The van der Waals surface area contributed by atoms with Crippen molar-refractivity contribution in [2.24, 2.45) is 16.4 Å². The Morgan fingerprint density at radius 3 is 2.50 bits per heavy atom. The number of nitrogens with two attached hydrogens (primary N) is 1. The fourth-order valence-corrected chi connectivity index (χ4v) is 6.72. The highest BCUT2D eigenvalue weighted by Gasteiger charge is 2.51. The van der Waals surface area contributed by atoms with Crippen molar-refractivity contribution in [3.63, 3.8) is 0 Å². The number of carbonyl (C=O) groups is 2. The lowest BCUT2D eigenvalue weighted by atomic mass is 9.78. The van der Waals surface area contributed by atoms with E-state index < -0.39 is 6.04 Å². The van der Waals surface area contributed by atoms with Gasteiger partial charge in [-0.1, -0.05) is 30.8 Å². The van der Waals surface area contributed by atoms with Gasteiger partial charge in [-0.05, 0) is 54.8 Å². The van der Waals surface area contributed by atoms with Gasteiger partial charge in [-0.15, -0.1) is 0 Å². The van der Waals surface area contributed by atoms with Gasteiger partial charge in [-0.2, -0.15) is 0 Å². The zero-order valence-corrected chi connectivity index (χ0v) is 22.9. The number of allylic oxidation sites excluding steroid dienone is 2. The Bertz CT molecular complexity index is 1250. The number of anilines is 1. The van der Waals surface area contributed by atoms with Crippen LogP contribution >= 0.6 is 0 Å². The van der Waals surface area contributed by atoms with Crippen molar-refractivity contribution in [3.05, 3.63) is 63.9 Å². The molecule has 1 aromatic carbocycles. The Hall–Kier alpha value is -3.57. The number of azide groups is 1. The predicted molar refractivity (Wildman–Crippen MR) is 149 cm³/mol. The van der Waals surface area contributed by atoms with Crippen LogP contribution in [-0.4, -0.2) is 84.7 Å². The highest BCUT2D eigenvalue weighted by molar-refractivity contribution is 5.95. The van der Waals surface area contributed by atoms with E-state index >= 15 is 0 Å². The molecule has 4 aliphatic heterocycles. The quantitative estimate of drug-likeness (QED) is 0.139. The molecule has 0 radical (unpaired) electrons.